The third kappa shape index (κ3) is 5.14. The highest BCUT2D eigenvalue weighted by Gasteiger charge is 2.36. The number of allylic oxidation sites excluding steroid dienone is 2. The molecule has 11 heteroatoms. The van der Waals surface area contributed by atoms with E-state index in [1.807, 2.05) is 24.3 Å². The third-order valence-electron chi connectivity index (χ3n) is 6.96. The van der Waals surface area contributed by atoms with Crippen LogP contribution in [0.2, 0.25) is 0 Å². The van der Waals surface area contributed by atoms with Gasteiger partial charge in [-0.25, -0.2) is 4.98 Å². The van der Waals surface area contributed by atoms with Gasteiger partial charge in [0, 0.05) is 55.4 Å². The summed E-state index contributed by atoms with van der Waals surface area (Å²) in [7, 11) is 2.06. The summed E-state index contributed by atoms with van der Waals surface area (Å²) in [5.74, 6) is -0.542. The Bertz CT molecular complexity index is 1140. The molecule has 186 valence electrons. The number of aromatic nitrogens is 1. The van der Waals surface area contributed by atoms with Crippen LogP contribution in [-0.2, 0) is 22.6 Å². The minimum atomic E-state index is -0.426. The van der Waals surface area contributed by atoms with Crippen molar-refractivity contribution in [2.75, 3.05) is 26.7 Å². The quantitative estimate of drug-likeness (QED) is 0.554. The second-order valence-corrected chi connectivity index (χ2v) is 11.0. The Morgan fingerprint density at radius 3 is 2.77 bits per heavy atom. The second-order valence-electron chi connectivity index (χ2n) is 9.53. The van der Waals surface area contributed by atoms with Gasteiger partial charge in [0.1, 0.15) is 0 Å². The van der Waals surface area contributed by atoms with Crippen molar-refractivity contribution in [2.24, 2.45) is 5.92 Å². The van der Waals surface area contributed by atoms with Crippen LogP contribution in [0.5, 0.6) is 0 Å². The Morgan fingerprint density at radius 2 is 1.97 bits per heavy atom. The minimum absolute atomic E-state index is 0.0104. The number of piperidine rings is 1. The van der Waals surface area contributed by atoms with Crippen molar-refractivity contribution in [2.45, 2.75) is 44.4 Å². The molecule has 5 rings (SSSR count). The summed E-state index contributed by atoms with van der Waals surface area (Å²) in [6, 6.07) is -0.752. The molecule has 35 heavy (non-hydrogen) atoms. The number of halogens is 1. The molecular weight excluding hydrogens is 488 g/mol. The third-order valence-corrected chi connectivity index (χ3v) is 8.30. The monoisotopic (exact) mass is 516 g/mol. The smallest absolute Gasteiger partial charge is 0.280 e. The molecule has 1 aromatic heterocycles. The molecular formula is C24H29ClN6O3S. The fraction of sp³-hybridized carbons (Fsp3) is 0.500. The zero-order chi connectivity index (χ0) is 24.7. The predicted octanol–water partition coefficient (Wildman–Crippen LogP) is 1.13. The maximum absolute atomic E-state index is 13.1. The van der Waals surface area contributed by atoms with Gasteiger partial charge in [-0.05, 0) is 25.6 Å². The fourth-order valence-electron chi connectivity index (χ4n) is 4.98. The summed E-state index contributed by atoms with van der Waals surface area (Å²) in [6.07, 6.45) is 8.91. The number of hydrogen-bond acceptors (Lipinski definition) is 7. The normalized spacial score (nSPS) is 27.8. The highest BCUT2D eigenvalue weighted by Crippen LogP contribution is 2.27. The fourth-order valence-corrected chi connectivity index (χ4v) is 6.29. The van der Waals surface area contributed by atoms with Crippen molar-refractivity contribution in [3.05, 3.63) is 50.6 Å². The van der Waals surface area contributed by atoms with Crippen LogP contribution in [0, 0.1) is 5.92 Å². The lowest BCUT2D eigenvalue weighted by Gasteiger charge is -2.38. The van der Waals surface area contributed by atoms with Crippen molar-refractivity contribution in [3.63, 3.8) is 0 Å². The van der Waals surface area contributed by atoms with Crippen LogP contribution >= 0.6 is 22.9 Å². The molecule has 3 amide bonds. The molecule has 1 aliphatic carbocycles. The average Bonchev–Trinajstić information content (AvgIpc) is 3.43. The first-order valence-electron chi connectivity index (χ1n) is 11.8. The first-order chi connectivity index (χ1) is 16.8. The lowest BCUT2D eigenvalue weighted by atomic mass is 9.97. The largest absolute Gasteiger partial charge is 0.374 e. The number of rotatable bonds is 4. The number of carbonyl (C=O) groups excluding carboxylic acids is 3. The van der Waals surface area contributed by atoms with Crippen molar-refractivity contribution in [3.8, 4) is 0 Å². The van der Waals surface area contributed by atoms with E-state index in [1.54, 1.807) is 4.90 Å². The van der Waals surface area contributed by atoms with E-state index in [2.05, 4.69) is 32.9 Å². The molecule has 3 N–H and O–H groups in total. The number of likely N-dealkylation sites (tertiary alicyclic amines) is 1. The van der Waals surface area contributed by atoms with E-state index in [0.717, 1.165) is 30.1 Å². The van der Waals surface area contributed by atoms with Crippen LogP contribution in [0.4, 0.5) is 0 Å². The molecule has 0 saturated carbocycles. The number of nitrogens with one attached hydrogen (secondary N) is 3. The number of hydrogen-bond donors (Lipinski definition) is 3. The number of carbonyl (C=O) groups is 3. The van der Waals surface area contributed by atoms with E-state index >= 15 is 0 Å². The molecule has 3 aliphatic heterocycles. The maximum Gasteiger partial charge on any atom is 0.280 e. The van der Waals surface area contributed by atoms with Crippen LogP contribution in [0.1, 0.15) is 33.7 Å². The average molecular weight is 517 g/mol. The molecule has 0 radical (unpaired) electrons. The van der Waals surface area contributed by atoms with Gasteiger partial charge in [0.25, 0.3) is 11.8 Å². The van der Waals surface area contributed by atoms with Crippen LogP contribution in [0.25, 0.3) is 0 Å². The molecule has 4 aliphatic rings. The number of amides is 3. The summed E-state index contributed by atoms with van der Waals surface area (Å²) in [5.41, 5.74) is 1.47. The van der Waals surface area contributed by atoms with Crippen LogP contribution in [0.15, 0.2) is 35.0 Å². The molecule has 0 spiro atoms. The lowest BCUT2D eigenvalue weighted by Crippen LogP contribution is -2.61. The Balaban J connectivity index is 1.28. The molecule has 1 aromatic rings. The molecule has 1 fully saturated rings. The predicted molar refractivity (Wildman–Crippen MR) is 134 cm³/mol. The van der Waals surface area contributed by atoms with Gasteiger partial charge in [-0.15, -0.1) is 11.3 Å². The van der Waals surface area contributed by atoms with E-state index in [0.29, 0.717) is 35.2 Å². The first-order valence-corrected chi connectivity index (χ1v) is 13.0. The Labute approximate surface area is 213 Å². The highest BCUT2D eigenvalue weighted by atomic mass is 35.5. The molecule has 4 atom stereocenters. The van der Waals surface area contributed by atoms with Gasteiger partial charge in [0.15, 0.2) is 5.01 Å². The molecule has 4 heterocycles. The molecule has 0 bridgehead atoms. The van der Waals surface area contributed by atoms with E-state index < -0.39 is 6.04 Å². The van der Waals surface area contributed by atoms with Gasteiger partial charge in [-0.1, -0.05) is 23.8 Å². The zero-order valence-electron chi connectivity index (χ0n) is 19.7. The lowest BCUT2D eigenvalue weighted by molar-refractivity contribution is -0.131. The van der Waals surface area contributed by atoms with Crippen LogP contribution < -0.4 is 16.0 Å². The number of likely N-dealkylation sites (N-methyl/N-ethyl adjacent to an activating group) is 1. The van der Waals surface area contributed by atoms with Gasteiger partial charge in [-0.3, -0.25) is 14.4 Å². The van der Waals surface area contributed by atoms with E-state index in [4.69, 9.17) is 11.6 Å². The SMILES string of the molecule is CC(=O)N1CC[C@@H](NC(=O)c2nc3c(s2)CN(C)CC3)[C@@H](NC(=O)C2=CC3C=C(Cl)C=CC3N2)C1. The van der Waals surface area contributed by atoms with Crippen molar-refractivity contribution < 1.29 is 14.4 Å². The van der Waals surface area contributed by atoms with Crippen LogP contribution in [-0.4, -0.2) is 77.3 Å². The Hall–Kier alpha value is -2.69. The van der Waals surface area contributed by atoms with Gasteiger partial charge in [0.2, 0.25) is 5.91 Å². The molecule has 2 unspecified atom stereocenters. The van der Waals surface area contributed by atoms with Gasteiger partial charge in [0.05, 0.1) is 29.5 Å². The summed E-state index contributed by atoms with van der Waals surface area (Å²) in [6.45, 7) is 4.10. The Kier molecular flexibility index (Phi) is 6.69. The van der Waals surface area contributed by atoms with Crippen molar-refractivity contribution in [1.29, 1.82) is 0 Å². The molecule has 9 nitrogen and oxygen atoms in total. The molecule has 1 saturated heterocycles. The standard InChI is InChI=1S/C24H29ClN6O3S/c1-13(32)31-8-6-17(27-23(34)24-29-18-5-7-30(2)12-21(18)35-24)20(11-31)28-22(33)19-10-14-9-15(25)3-4-16(14)26-19/h3-4,9-10,14,16-17,20,26H,5-8,11-12H2,1-2H3,(H,27,34)(H,28,33)/t14?,16?,17-,20+/m1/s1. The first kappa shape index (κ1) is 24.0. The summed E-state index contributed by atoms with van der Waals surface area (Å²) >= 11 is 7.53. The number of fused-ring (bicyclic) bond motifs is 2. The summed E-state index contributed by atoms with van der Waals surface area (Å²) < 4.78 is 0. The summed E-state index contributed by atoms with van der Waals surface area (Å²) in [5, 5.41) is 10.5. The maximum atomic E-state index is 13.1. The molecule has 0 aromatic carbocycles. The van der Waals surface area contributed by atoms with E-state index in [-0.39, 0.29) is 35.7 Å². The van der Waals surface area contributed by atoms with Crippen molar-refractivity contribution in [1.82, 2.24) is 30.7 Å². The van der Waals surface area contributed by atoms with Crippen molar-refractivity contribution >= 4 is 40.7 Å². The second kappa shape index (κ2) is 9.75. The van der Waals surface area contributed by atoms with Gasteiger partial charge >= 0.3 is 0 Å². The highest BCUT2D eigenvalue weighted by molar-refractivity contribution is 7.13. The van der Waals surface area contributed by atoms with E-state index in [1.165, 1.54) is 18.3 Å². The summed E-state index contributed by atoms with van der Waals surface area (Å²) in [4.78, 5) is 47.9. The van der Waals surface area contributed by atoms with Gasteiger partial charge < -0.3 is 25.8 Å². The van der Waals surface area contributed by atoms with Crippen LogP contribution in [0.3, 0.4) is 0 Å². The Morgan fingerprint density at radius 1 is 1.17 bits per heavy atom. The zero-order valence-corrected chi connectivity index (χ0v) is 21.3. The van der Waals surface area contributed by atoms with Gasteiger partial charge in [-0.2, -0.15) is 0 Å². The number of nitrogens with zero attached hydrogens (tertiary/aromatic N) is 3. The topological polar surface area (TPSA) is 107 Å². The number of thiazole rings is 1. The van der Waals surface area contributed by atoms with E-state index in [9.17, 15) is 14.4 Å². The minimum Gasteiger partial charge on any atom is -0.374 e.